The van der Waals surface area contributed by atoms with E-state index in [1.807, 2.05) is 0 Å². The van der Waals surface area contributed by atoms with Crippen LogP contribution in [0, 0.1) is 0 Å². The lowest BCUT2D eigenvalue weighted by molar-refractivity contribution is -0.171. The van der Waals surface area contributed by atoms with Crippen LogP contribution < -0.4 is 0 Å². The first kappa shape index (κ1) is 14.2. The Bertz CT molecular complexity index is 403. The zero-order valence-corrected chi connectivity index (χ0v) is 10.8. The summed E-state index contributed by atoms with van der Waals surface area (Å²) in [6.45, 7) is 5.14. The van der Waals surface area contributed by atoms with Crippen molar-refractivity contribution in [1.29, 1.82) is 0 Å². The summed E-state index contributed by atoms with van der Waals surface area (Å²) in [5.41, 5.74) is 0.505. The molecule has 1 atom stereocenters. The molecule has 0 fully saturated rings. The molecule has 1 aromatic heterocycles. The molecule has 1 unspecified atom stereocenters. The van der Waals surface area contributed by atoms with Gasteiger partial charge in [-0.25, -0.2) is 4.79 Å². The largest absolute Gasteiger partial charge is 0.460 e. The van der Waals surface area contributed by atoms with Crippen LogP contribution in [0.3, 0.4) is 0 Å². The highest BCUT2D eigenvalue weighted by atomic mass is 16.6. The van der Waals surface area contributed by atoms with Crippen molar-refractivity contribution in [3.8, 4) is 0 Å². The highest BCUT2D eigenvalue weighted by Gasteiger charge is 2.26. The molecule has 0 aromatic carbocycles. The van der Waals surface area contributed by atoms with Crippen molar-refractivity contribution in [3.63, 3.8) is 0 Å². The van der Waals surface area contributed by atoms with E-state index in [-0.39, 0.29) is 12.5 Å². The second-order valence-electron chi connectivity index (χ2n) is 4.00. The SMILES string of the molecule is CCC(=O)OC(C(=O)OC(C)C)c1cccnc1. The summed E-state index contributed by atoms with van der Waals surface area (Å²) in [5, 5.41) is 0. The van der Waals surface area contributed by atoms with Crippen molar-refractivity contribution in [2.24, 2.45) is 0 Å². The van der Waals surface area contributed by atoms with E-state index in [0.717, 1.165) is 0 Å². The lowest BCUT2D eigenvalue weighted by Crippen LogP contribution is -2.24. The molecule has 5 heteroatoms. The lowest BCUT2D eigenvalue weighted by atomic mass is 10.1. The van der Waals surface area contributed by atoms with Crippen molar-refractivity contribution >= 4 is 11.9 Å². The molecule has 98 valence electrons. The maximum Gasteiger partial charge on any atom is 0.352 e. The van der Waals surface area contributed by atoms with E-state index >= 15 is 0 Å². The van der Waals surface area contributed by atoms with Crippen molar-refractivity contribution in [1.82, 2.24) is 4.98 Å². The van der Waals surface area contributed by atoms with E-state index in [1.165, 1.54) is 6.20 Å². The molecule has 0 saturated carbocycles. The number of hydrogen-bond donors (Lipinski definition) is 0. The smallest absolute Gasteiger partial charge is 0.352 e. The first-order valence-corrected chi connectivity index (χ1v) is 5.84. The molecule has 1 rings (SSSR count). The van der Waals surface area contributed by atoms with Gasteiger partial charge in [0.1, 0.15) is 0 Å². The van der Waals surface area contributed by atoms with Crippen LogP contribution in [0.4, 0.5) is 0 Å². The summed E-state index contributed by atoms with van der Waals surface area (Å²) in [7, 11) is 0. The molecule has 0 amide bonds. The number of esters is 2. The minimum Gasteiger partial charge on any atom is -0.460 e. The normalized spacial score (nSPS) is 12.0. The van der Waals surface area contributed by atoms with Gasteiger partial charge in [0.15, 0.2) is 0 Å². The van der Waals surface area contributed by atoms with Crippen LogP contribution in [-0.4, -0.2) is 23.0 Å². The number of rotatable bonds is 5. The van der Waals surface area contributed by atoms with Crippen LogP contribution >= 0.6 is 0 Å². The molecule has 1 heterocycles. The van der Waals surface area contributed by atoms with Gasteiger partial charge in [0.05, 0.1) is 6.10 Å². The Hall–Kier alpha value is -1.91. The van der Waals surface area contributed by atoms with Gasteiger partial charge in [-0.1, -0.05) is 13.0 Å². The number of nitrogens with zero attached hydrogens (tertiary/aromatic N) is 1. The predicted molar refractivity (Wildman–Crippen MR) is 64.6 cm³/mol. The number of carbonyl (C=O) groups excluding carboxylic acids is 2. The summed E-state index contributed by atoms with van der Waals surface area (Å²) in [6, 6.07) is 3.34. The zero-order valence-electron chi connectivity index (χ0n) is 10.8. The molecule has 0 spiro atoms. The fourth-order valence-electron chi connectivity index (χ4n) is 1.29. The average molecular weight is 251 g/mol. The van der Waals surface area contributed by atoms with Gasteiger partial charge >= 0.3 is 11.9 Å². The molecule has 5 nitrogen and oxygen atoms in total. The third-order valence-corrected chi connectivity index (χ3v) is 2.09. The number of pyridine rings is 1. The van der Waals surface area contributed by atoms with Gasteiger partial charge in [0, 0.05) is 24.4 Å². The van der Waals surface area contributed by atoms with Crippen molar-refractivity contribution in [2.45, 2.75) is 39.4 Å². The van der Waals surface area contributed by atoms with Gasteiger partial charge < -0.3 is 9.47 Å². The van der Waals surface area contributed by atoms with E-state index in [1.54, 1.807) is 39.1 Å². The minimum absolute atomic E-state index is 0.200. The molecule has 18 heavy (non-hydrogen) atoms. The van der Waals surface area contributed by atoms with Crippen molar-refractivity contribution in [2.75, 3.05) is 0 Å². The Kier molecular flexibility index (Phi) is 5.30. The number of hydrogen-bond acceptors (Lipinski definition) is 5. The van der Waals surface area contributed by atoms with Crippen molar-refractivity contribution < 1.29 is 19.1 Å². The van der Waals surface area contributed by atoms with Crippen LogP contribution in [-0.2, 0) is 19.1 Å². The third-order valence-electron chi connectivity index (χ3n) is 2.09. The maximum atomic E-state index is 11.9. The molecule has 0 bridgehead atoms. The molecule has 0 radical (unpaired) electrons. The number of ether oxygens (including phenoxy) is 2. The number of aromatic nitrogens is 1. The van der Waals surface area contributed by atoms with E-state index in [0.29, 0.717) is 5.56 Å². The molecule has 0 saturated heterocycles. The van der Waals surface area contributed by atoms with Crippen LogP contribution in [0.15, 0.2) is 24.5 Å². The Labute approximate surface area is 106 Å². The molecular formula is C13H17NO4. The van der Waals surface area contributed by atoms with Gasteiger partial charge in [-0.3, -0.25) is 9.78 Å². The third kappa shape index (κ3) is 4.16. The Morgan fingerprint density at radius 1 is 1.33 bits per heavy atom. The van der Waals surface area contributed by atoms with Crippen LogP contribution in [0.1, 0.15) is 38.9 Å². The average Bonchev–Trinajstić information content (AvgIpc) is 2.35. The fraction of sp³-hybridized carbons (Fsp3) is 0.462. The Morgan fingerprint density at radius 3 is 2.56 bits per heavy atom. The first-order valence-electron chi connectivity index (χ1n) is 5.84. The molecular weight excluding hydrogens is 234 g/mol. The lowest BCUT2D eigenvalue weighted by Gasteiger charge is -2.18. The summed E-state index contributed by atoms with van der Waals surface area (Å²) in [6.07, 6.45) is 1.95. The minimum atomic E-state index is -1.05. The maximum absolute atomic E-state index is 11.9. The van der Waals surface area contributed by atoms with Gasteiger partial charge in [-0.15, -0.1) is 0 Å². The van der Waals surface area contributed by atoms with Crippen molar-refractivity contribution in [3.05, 3.63) is 30.1 Å². The molecule has 1 aromatic rings. The van der Waals surface area contributed by atoms with E-state index in [4.69, 9.17) is 9.47 Å². The quantitative estimate of drug-likeness (QED) is 0.749. The number of carbonyl (C=O) groups is 2. The Morgan fingerprint density at radius 2 is 2.06 bits per heavy atom. The van der Waals surface area contributed by atoms with Gasteiger partial charge in [-0.2, -0.15) is 0 Å². The highest BCUT2D eigenvalue weighted by molar-refractivity contribution is 5.80. The summed E-state index contributed by atoms with van der Waals surface area (Å²) < 4.78 is 10.2. The highest BCUT2D eigenvalue weighted by Crippen LogP contribution is 2.19. The topological polar surface area (TPSA) is 65.5 Å². The first-order chi connectivity index (χ1) is 8.54. The molecule has 0 N–H and O–H groups in total. The van der Waals surface area contributed by atoms with E-state index in [9.17, 15) is 9.59 Å². The summed E-state index contributed by atoms with van der Waals surface area (Å²) in [5.74, 6) is -1.04. The monoisotopic (exact) mass is 251 g/mol. The zero-order chi connectivity index (χ0) is 13.5. The standard InChI is InChI=1S/C13H17NO4/c1-4-11(15)18-12(13(16)17-9(2)3)10-6-5-7-14-8-10/h5-9,12H,4H2,1-3H3. The second kappa shape index (κ2) is 6.74. The van der Waals surface area contributed by atoms with Crippen LogP contribution in [0.5, 0.6) is 0 Å². The Balaban J connectivity index is 2.88. The predicted octanol–water partition coefficient (Wildman–Crippen LogP) is 2.03. The molecule has 0 aliphatic heterocycles. The van der Waals surface area contributed by atoms with E-state index in [2.05, 4.69) is 4.98 Å². The molecule has 0 aliphatic carbocycles. The van der Waals surface area contributed by atoms with Crippen LogP contribution in [0.2, 0.25) is 0 Å². The summed E-state index contributed by atoms with van der Waals surface area (Å²) >= 11 is 0. The molecule has 0 aliphatic rings. The second-order valence-corrected chi connectivity index (χ2v) is 4.00. The fourth-order valence-corrected chi connectivity index (χ4v) is 1.29. The van der Waals surface area contributed by atoms with E-state index < -0.39 is 18.0 Å². The summed E-state index contributed by atoms with van der Waals surface area (Å²) in [4.78, 5) is 27.1. The van der Waals surface area contributed by atoms with Gasteiger partial charge in [-0.05, 0) is 19.9 Å². The van der Waals surface area contributed by atoms with Gasteiger partial charge in [0.2, 0.25) is 6.10 Å². The van der Waals surface area contributed by atoms with Gasteiger partial charge in [0.25, 0.3) is 0 Å². The van der Waals surface area contributed by atoms with Crippen LogP contribution in [0.25, 0.3) is 0 Å².